The van der Waals surface area contributed by atoms with Crippen LogP contribution in [0, 0.1) is 13.8 Å². The number of amides is 3. The first-order valence-corrected chi connectivity index (χ1v) is 8.80. The van der Waals surface area contributed by atoms with Crippen molar-refractivity contribution in [2.45, 2.75) is 13.8 Å². The molecule has 140 valence electrons. The summed E-state index contributed by atoms with van der Waals surface area (Å²) in [6.45, 7) is 5.85. The molecule has 0 spiro atoms. The number of nitrogens with zero attached hydrogens (tertiary/aromatic N) is 3. The van der Waals surface area contributed by atoms with E-state index in [1.807, 2.05) is 32.0 Å². The van der Waals surface area contributed by atoms with E-state index < -0.39 is 0 Å². The van der Waals surface area contributed by atoms with Crippen LogP contribution in [-0.4, -0.2) is 59.2 Å². The summed E-state index contributed by atoms with van der Waals surface area (Å²) in [7, 11) is 0. The molecule has 1 N–H and O–H groups in total. The average Bonchev–Trinajstić information content (AvgIpc) is 2.67. The number of hydrogen-bond donors (Lipinski definition) is 1. The Hall–Kier alpha value is -3.22. The van der Waals surface area contributed by atoms with Gasteiger partial charge in [0, 0.05) is 43.6 Å². The second-order valence-corrected chi connectivity index (χ2v) is 6.69. The van der Waals surface area contributed by atoms with Gasteiger partial charge in [-0.25, -0.2) is 0 Å². The lowest BCUT2D eigenvalue weighted by Crippen LogP contribution is -2.48. The summed E-state index contributed by atoms with van der Waals surface area (Å²) in [6, 6.07) is 8.91. The van der Waals surface area contributed by atoms with Crippen molar-refractivity contribution in [1.29, 1.82) is 0 Å². The first-order valence-electron chi connectivity index (χ1n) is 8.80. The van der Waals surface area contributed by atoms with Crippen LogP contribution in [0.25, 0.3) is 0 Å². The van der Waals surface area contributed by atoms with Crippen LogP contribution in [0.3, 0.4) is 0 Å². The fourth-order valence-corrected chi connectivity index (χ4v) is 3.13. The molecule has 3 amide bonds. The zero-order valence-electron chi connectivity index (χ0n) is 15.4. The van der Waals surface area contributed by atoms with Crippen LogP contribution in [0.5, 0.6) is 0 Å². The van der Waals surface area contributed by atoms with Gasteiger partial charge in [0.2, 0.25) is 6.41 Å². The van der Waals surface area contributed by atoms with E-state index in [-0.39, 0.29) is 17.5 Å². The van der Waals surface area contributed by atoms with E-state index in [4.69, 9.17) is 0 Å². The van der Waals surface area contributed by atoms with Gasteiger partial charge in [-0.05, 0) is 49.2 Å². The highest BCUT2D eigenvalue weighted by Crippen LogP contribution is 2.15. The summed E-state index contributed by atoms with van der Waals surface area (Å²) in [6.07, 6.45) is 2.25. The van der Waals surface area contributed by atoms with Crippen molar-refractivity contribution in [3.05, 3.63) is 58.9 Å². The fraction of sp³-hybridized carbons (Fsp3) is 0.300. The highest BCUT2D eigenvalue weighted by atomic mass is 16.2. The Morgan fingerprint density at radius 1 is 1.04 bits per heavy atom. The number of piperazine rings is 1. The maximum atomic E-state index is 12.6. The normalized spacial score (nSPS) is 14.0. The van der Waals surface area contributed by atoms with E-state index in [9.17, 15) is 14.4 Å². The SMILES string of the molecule is Cc1cc(C)cc(NC(=O)c2ccnc(C(=O)N3CCN(C=O)CC3)c2)c1. The Kier molecular flexibility index (Phi) is 5.49. The Labute approximate surface area is 158 Å². The molecule has 0 aliphatic carbocycles. The molecule has 7 nitrogen and oxygen atoms in total. The third-order valence-electron chi connectivity index (χ3n) is 4.47. The monoisotopic (exact) mass is 366 g/mol. The molecule has 0 unspecified atom stereocenters. The molecule has 27 heavy (non-hydrogen) atoms. The highest BCUT2D eigenvalue weighted by molar-refractivity contribution is 6.05. The molecule has 0 radical (unpaired) electrons. The number of pyridine rings is 1. The van der Waals surface area contributed by atoms with Crippen molar-refractivity contribution in [3.8, 4) is 0 Å². The minimum Gasteiger partial charge on any atom is -0.342 e. The van der Waals surface area contributed by atoms with Gasteiger partial charge < -0.3 is 15.1 Å². The summed E-state index contributed by atoms with van der Waals surface area (Å²) in [5, 5.41) is 2.86. The third kappa shape index (κ3) is 4.49. The minimum atomic E-state index is -0.290. The Morgan fingerprint density at radius 3 is 2.33 bits per heavy atom. The van der Waals surface area contributed by atoms with E-state index in [2.05, 4.69) is 10.3 Å². The second-order valence-electron chi connectivity index (χ2n) is 6.69. The standard InChI is InChI=1S/C20H22N4O3/c1-14-9-15(2)11-17(10-14)22-19(26)16-3-4-21-18(12-16)20(27)24-7-5-23(13-25)6-8-24/h3-4,9-13H,5-8H2,1-2H3,(H,22,26). The number of aryl methyl sites for hydroxylation is 2. The molecule has 1 aromatic carbocycles. The van der Waals surface area contributed by atoms with Gasteiger partial charge in [-0.1, -0.05) is 6.07 Å². The van der Waals surface area contributed by atoms with Crippen molar-refractivity contribution in [2.75, 3.05) is 31.5 Å². The van der Waals surface area contributed by atoms with E-state index in [1.165, 1.54) is 12.3 Å². The summed E-state index contributed by atoms with van der Waals surface area (Å²) in [5.41, 5.74) is 3.43. The maximum absolute atomic E-state index is 12.6. The van der Waals surface area contributed by atoms with Gasteiger partial charge in [-0.3, -0.25) is 19.4 Å². The number of carbonyl (C=O) groups excluding carboxylic acids is 3. The van der Waals surface area contributed by atoms with Gasteiger partial charge in [-0.2, -0.15) is 0 Å². The lowest BCUT2D eigenvalue weighted by Gasteiger charge is -2.32. The van der Waals surface area contributed by atoms with Crippen molar-refractivity contribution in [1.82, 2.24) is 14.8 Å². The van der Waals surface area contributed by atoms with Gasteiger partial charge in [0.05, 0.1) is 0 Å². The topological polar surface area (TPSA) is 82.6 Å². The molecular weight excluding hydrogens is 344 g/mol. The van der Waals surface area contributed by atoms with Gasteiger partial charge in [0.1, 0.15) is 5.69 Å². The molecule has 0 saturated carbocycles. The molecule has 1 fully saturated rings. The lowest BCUT2D eigenvalue weighted by molar-refractivity contribution is -0.119. The van der Waals surface area contributed by atoms with Crippen LogP contribution >= 0.6 is 0 Å². The number of aromatic nitrogens is 1. The van der Waals surface area contributed by atoms with E-state index in [0.717, 1.165) is 17.5 Å². The molecule has 2 heterocycles. The number of hydrogen-bond acceptors (Lipinski definition) is 4. The number of rotatable bonds is 4. The molecular formula is C20H22N4O3. The predicted molar refractivity (Wildman–Crippen MR) is 102 cm³/mol. The zero-order valence-corrected chi connectivity index (χ0v) is 15.4. The van der Waals surface area contributed by atoms with Gasteiger partial charge in [0.15, 0.2) is 0 Å². The quantitative estimate of drug-likeness (QED) is 0.838. The first-order chi connectivity index (χ1) is 13.0. The molecule has 1 aliphatic heterocycles. The van der Waals surface area contributed by atoms with E-state index in [1.54, 1.807) is 15.9 Å². The second kappa shape index (κ2) is 7.99. The lowest BCUT2D eigenvalue weighted by atomic mass is 10.1. The summed E-state index contributed by atoms with van der Waals surface area (Å²) >= 11 is 0. The van der Waals surface area contributed by atoms with Crippen molar-refractivity contribution < 1.29 is 14.4 Å². The average molecular weight is 366 g/mol. The molecule has 1 aromatic heterocycles. The molecule has 2 aromatic rings. The van der Waals surface area contributed by atoms with E-state index >= 15 is 0 Å². The molecule has 0 atom stereocenters. The minimum absolute atomic E-state index is 0.225. The van der Waals surface area contributed by atoms with Crippen molar-refractivity contribution in [2.24, 2.45) is 0 Å². The van der Waals surface area contributed by atoms with E-state index in [0.29, 0.717) is 37.4 Å². The van der Waals surface area contributed by atoms with Gasteiger partial charge in [-0.15, -0.1) is 0 Å². The van der Waals surface area contributed by atoms with Gasteiger partial charge in [0.25, 0.3) is 11.8 Å². The number of anilines is 1. The van der Waals surface area contributed by atoms with Gasteiger partial charge >= 0.3 is 0 Å². The maximum Gasteiger partial charge on any atom is 0.272 e. The molecule has 7 heteroatoms. The van der Waals surface area contributed by atoms with Crippen LogP contribution in [0.2, 0.25) is 0 Å². The molecule has 1 saturated heterocycles. The van der Waals surface area contributed by atoms with Crippen LogP contribution in [0.1, 0.15) is 32.0 Å². The smallest absolute Gasteiger partial charge is 0.272 e. The summed E-state index contributed by atoms with van der Waals surface area (Å²) < 4.78 is 0. The molecule has 1 aliphatic rings. The first kappa shape index (κ1) is 18.6. The Bertz CT molecular complexity index is 853. The molecule has 0 bridgehead atoms. The van der Waals surface area contributed by atoms with Crippen LogP contribution in [-0.2, 0) is 4.79 Å². The summed E-state index contributed by atoms with van der Waals surface area (Å²) in [5.74, 6) is -0.524. The zero-order chi connectivity index (χ0) is 19.4. The largest absolute Gasteiger partial charge is 0.342 e. The number of nitrogens with one attached hydrogen (secondary N) is 1. The van der Waals surface area contributed by atoms with Crippen molar-refractivity contribution >= 4 is 23.9 Å². The van der Waals surface area contributed by atoms with Crippen LogP contribution in [0.4, 0.5) is 5.69 Å². The predicted octanol–water partition coefficient (Wildman–Crippen LogP) is 1.86. The fourth-order valence-electron chi connectivity index (χ4n) is 3.13. The third-order valence-corrected chi connectivity index (χ3v) is 4.47. The summed E-state index contributed by atoms with van der Waals surface area (Å²) in [4.78, 5) is 43.4. The highest BCUT2D eigenvalue weighted by Gasteiger charge is 2.23. The number of benzene rings is 1. The number of carbonyl (C=O) groups is 3. The molecule has 3 rings (SSSR count). The van der Waals surface area contributed by atoms with Crippen LogP contribution < -0.4 is 5.32 Å². The Morgan fingerprint density at radius 2 is 1.70 bits per heavy atom. The van der Waals surface area contributed by atoms with Crippen molar-refractivity contribution in [3.63, 3.8) is 0 Å². The Balaban J connectivity index is 1.72. The van der Waals surface area contributed by atoms with Crippen LogP contribution in [0.15, 0.2) is 36.5 Å².